The first kappa shape index (κ1) is 26.0. The van der Waals surface area contributed by atoms with Gasteiger partial charge in [0, 0.05) is 48.5 Å². The van der Waals surface area contributed by atoms with Crippen molar-refractivity contribution < 1.29 is 9.59 Å². The summed E-state index contributed by atoms with van der Waals surface area (Å²) in [6.07, 6.45) is 9.29. The van der Waals surface area contributed by atoms with Crippen LogP contribution in [0.3, 0.4) is 0 Å². The monoisotopic (exact) mass is 548 g/mol. The van der Waals surface area contributed by atoms with Gasteiger partial charge in [-0.15, -0.1) is 20.4 Å². The van der Waals surface area contributed by atoms with Crippen molar-refractivity contribution in [1.29, 1.82) is 0 Å². The fourth-order valence-corrected chi connectivity index (χ4v) is 6.29. The molecule has 1 aliphatic carbocycles. The number of amides is 2. The molecule has 0 radical (unpaired) electrons. The number of aryl methyl sites for hydroxylation is 2. The zero-order chi connectivity index (χ0) is 26.2. The largest absolute Gasteiger partial charge is 0.301 e. The number of hydrogen-bond donors (Lipinski definition) is 2. The van der Waals surface area contributed by atoms with Gasteiger partial charge in [-0.2, -0.15) is 0 Å². The zero-order valence-corrected chi connectivity index (χ0v) is 22.4. The SMILES string of the molecule is O=C(CCc1ccccn1)Nc1nnc([C@@H]2CCC[C@@H](c3nnc(NC(=O)CCc4ccccn4)s3)C2)s1. The van der Waals surface area contributed by atoms with E-state index in [9.17, 15) is 9.59 Å². The predicted octanol–water partition coefficient (Wildman–Crippen LogP) is 4.76. The second kappa shape index (κ2) is 12.7. The van der Waals surface area contributed by atoms with Gasteiger partial charge in [-0.1, -0.05) is 41.2 Å². The maximum absolute atomic E-state index is 12.4. The summed E-state index contributed by atoms with van der Waals surface area (Å²) in [6, 6.07) is 11.4. The van der Waals surface area contributed by atoms with Crippen molar-refractivity contribution in [1.82, 2.24) is 30.4 Å². The van der Waals surface area contributed by atoms with Crippen LogP contribution in [0.4, 0.5) is 10.3 Å². The molecule has 0 unspecified atom stereocenters. The van der Waals surface area contributed by atoms with Gasteiger partial charge in [0.1, 0.15) is 10.0 Å². The van der Waals surface area contributed by atoms with E-state index in [0.29, 0.717) is 35.9 Å². The third kappa shape index (κ3) is 7.23. The highest BCUT2D eigenvalue weighted by molar-refractivity contribution is 7.15. The summed E-state index contributed by atoms with van der Waals surface area (Å²) in [7, 11) is 0. The molecule has 2 atom stereocenters. The number of carbonyl (C=O) groups is 2. The Labute approximate surface area is 228 Å². The standard InChI is InChI=1S/C26H28N8O2S2/c35-21(12-10-19-8-1-3-14-27-19)29-25-33-31-23(37-25)17-6-5-7-18(16-17)24-32-34-26(38-24)30-22(36)13-11-20-9-2-4-15-28-20/h1-4,8-9,14-15,17-18H,5-7,10-13,16H2,(H,29,33,35)(H,30,34,36)/t17-,18-/m1/s1. The van der Waals surface area contributed by atoms with Crippen LogP contribution in [-0.4, -0.2) is 42.2 Å². The summed E-state index contributed by atoms with van der Waals surface area (Å²) in [6.45, 7) is 0. The van der Waals surface area contributed by atoms with Crippen LogP contribution >= 0.6 is 22.7 Å². The minimum atomic E-state index is -0.0941. The van der Waals surface area contributed by atoms with Crippen LogP contribution < -0.4 is 10.6 Å². The quantitative estimate of drug-likeness (QED) is 0.289. The Balaban J connectivity index is 1.11. The molecule has 4 heterocycles. The fraction of sp³-hybridized carbons (Fsp3) is 0.385. The van der Waals surface area contributed by atoms with E-state index in [0.717, 1.165) is 47.1 Å². The number of nitrogens with zero attached hydrogens (tertiary/aromatic N) is 6. The smallest absolute Gasteiger partial charge is 0.226 e. The third-order valence-corrected chi connectivity index (χ3v) is 8.42. The molecule has 2 N–H and O–H groups in total. The first-order valence-corrected chi connectivity index (χ1v) is 14.3. The highest BCUT2D eigenvalue weighted by atomic mass is 32.1. The van der Waals surface area contributed by atoms with Crippen molar-refractivity contribution in [3.05, 3.63) is 70.2 Å². The average Bonchev–Trinajstić information content (AvgIpc) is 3.62. The van der Waals surface area contributed by atoms with Gasteiger partial charge in [0.2, 0.25) is 22.1 Å². The van der Waals surface area contributed by atoms with E-state index in [-0.39, 0.29) is 23.7 Å². The predicted molar refractivity (Wildman–Crippen MR) is 146 cm³/mol. The molecule has 4 aromatic rings. The molecule has 0 saturated heterocycles. The number of nitrogens with one attached hydrogen (secondary N) is 2. The molecule has 12 heteroatoms. The van der Waals surface area contributed by atoms with Gasteiger partial charge in [0.15, 0.2) is 0 Å². The van der Waals surface area contributed by atoms with Crippen molar-refractivity contribution in [2.24, 2.45) is 0 Å². The van der Waals surface area contributed by atoms with Crippen LogP contribution in [0.2, 0.25) is 0 Å². The van der Waals surface area contributed by atoms with Gasteiger partial charge < -0.3 is 10.6 Å². The Morgan fingerprint density at radius 3 is 1.68 bits per heavy atom. The van der Waals surface area contributed by atoms with Crippen LogP contribution in [0.15, 0.2) is 48.8 Å². The first-order valence-electron chi connectivity index (χ1n) is 12.7. The molecular formula is C26H28N8O2S2. The van der Waals surface area contributed by atoms with Gasteiger partial charge in [0.25, 0.3) is 0 Å². The minimum Gasteiger partial charge on any atom is -0.301 e. The number of anilines is 2. The first-order chi connectivity index (χ1) is 18.6. The van der Waals surface area contributed by atoms with Gasteiger partial charge in [-0.25, -0.2) is 0 Å². The second-order valence-electron chi connectivity index (χ2n) is 9.19. The van der Waals surface area contributed by atoms with E-state index in [1.165, 1.54) is 22.7 Å². The number of hydrogen-bond acceptors (Lipinski definition) is 10. The Bertz CT molecular complexity index is 1240. The number of carbonyl (C=O) groups excluding carboxylic acids is 2. The maximum atomic E-state index is 12.4. The topological polar surface area (TPSA) is 136 Å². The molecule has 0 spiro atoms. The van der Waals surface area contributed by atoms with Crippen LogP contribution in [0.1, 0.15) is 71.8 Å². The van der Waals surface area contributed by atoms with Crippen molar-refractivity contribution in [3.8, 4) is 0 Å². The van der Waals surface area contributed by atoms with Gasteiger partial charge in [-0.3, -0.25) is 19.6 Å². The van der Waals surface area contributed by atoms with Crippen molar-refractivity contribution >= 4 is 44.8 Å². The lowest BCUT2D eigenvalue weighted by Gasteiger charge is -2.25. The molecular weight excluding hydrogens is 520 g/mol. The van der Waals surface area contributed by atoms with Crippen LogP contribution in [0.25, 0.3) is 0 Å². The van der Waals surface area contributed by atoms with E-state index >= 15 is 0 Å². The van der Waals surface area contributed by atoms with Crippen molar-refractivity contribution in [3.63, 3.8) is 0 Å². The van der Waals surface area contributed by atoms with Gasteiger partial charge in [0.05, 0.1) is 0 Å². The summed E-state index contributed by atoms with van der Waals surface area (Å²) in [4.78, 5) is 33.2. The Morgan fingerprint density at radius 2 is 1.24 bits per heavy atom. The van der Waals surface area contributed by atoms with Crippen LogP contribution in [0, 0.1) is 0 Å². The molecule has 5 rings (SSSR count). The molecule has 1 saturated carbocycles. The summed E-state index contributed by atoms with van der Waals surface area (Å²) < 4.78 is 0. The van der Waals surface area contributed by atoms with Crippen molar-refractivity contribution in [2.45, 2.75) is 63.2 Å². The summed E-state index contributed by atoms with van der Waals surface area (Å²) >= 11 is 2.88. The van der Waals surface area contributed by atoms with Crippen LogP contribution in [0.5, 0.6) is 0 Å². The molecule has 0 aromatic carbocycles. The van der Waals surface area contributed by atoms with E-state index in [2.05, 4.69) is 41.0 Å². The third-order valence-electron chi connectivity index (χ3n) is 6.42. The molecule has 4 aromatic heterocycles. The number of rotatable bonds is 10. The van der Waals surface area contributed by atoms with Gasteiger partial charge in [-0.05, 0) is 56.4 Å². The fourth-order valence-electron chi connectivity index (χ4n) is 4.48. The highest BCUT2D eigenvalue weighted by Gasteiger charge is 2.29. The van der Waals surface area contributed by atoms with E-state index in [1.54, 1.807) is 12.4 Å². The van der Waals surface area contributed by atoms with E-state index in [4.69, 9.17) is 0 Å². The summed E-state index contributed by atoms with van der Waals surface area (Å²) in [5.41, 5.74) is 1.77. The van der Waals surface area contributed by atoms with Gasteiger partial charge >= 0.3 is 0 Å². The van der Waals surface area contributed by atoms with E-state index < -0.39 is 0 Å². The molecule has 1 fully saturated rings. The number of aromatic nitrogens is 6. The molecule has 1 aliphatic rings. The Morgan fingerprint density at radius 1 is 0.737 bits per heavy atom. The summed E-state index contributed by atoms with van der Waals surface area (Å²) in [5, 5.41) is 25.8. The lowest BCUT2D eigenvalue weighted by molar-refractivity contribution is -0.117. The molecule has 0 bridgehead atoms. The minimum absolute atomic E-state index is 0.0941. The Kier molecular flexibility index (Phi) is 8.71. The van der Waals surface area contributed by atoms with Crippen molar-refractivity contribution in [2.75, 3.05) is 10.6 Å². The maximum Gasteiger partial charge on any atom is 0.226 e. The molecule has 38 heavy (non-hydrogen) atoms. The molecule has 0 aliphatic heterocycles. The molecule has 2 amide bonds. The lowest BCUT2D eigenvalue weighted by atomic mass is 9.82. The van der Waals surface area contributed by atoms with Crippen LogP contribution in [-0.2, 0) is 22.4 Å². The molecule has 196 valence electrons. The zero-order valence-electron chi connectivity index (χ0n) is 20.7. The normalized spacial score (nSPS) is 17.2. The van der Waals surface area contributed by atoms with E-state index in [1.807, 2.05) is 36.4 Å². The Hall–Kier alpha value is -3.64. The number of pyridine rings is 2. The molecule has 10 nitrogen and oxygen atoms in total. The highest BCUT2D eigenvalue weighted by Crippen LogP contribution is 2.43. The average molecular weight is 549 g/mol. The summed E-state index contributed by atoms with van der Waals surface area (Å²) in [5.74, 6) is 0.322. The lowest BCUT2D eigenvalue weighted by Crippen LogP contribution is -2.13. The second-order valence-corrected chi connectivity index (χ2v) is 11.2.